The zero-order chi connectivity index (χ0) is 16.5. The highest BCUT2D eigenvalue weighted by Crippen LogP contribution is 2.26. The Hall–Kier alpha value is -2.54. The van der Waals surface area contributed by atoms with Gasteiger partial charge in [-0.3, -0.25) is 4.79 Å². The summed E-state index contributed by atoms with van der Waals surface area (Å²) in [7, 11) is 1.41. The van der Waals surface area contributed by atoms with Gasteiger partial charge in [0.05, 0.1) is 13.7 Å². The van der Waals surface area contributed by atoms with Gasteiger partial charge in [-0.2, -0.15) is 0 Å². The number of hydrogen-bond acceptors (Lipinski definition) is 7. The molecule has 0 aliphatic carbocycles. The van der Waals surface area contributed by atoms with Crippen LogP contribution in [-0.2, 0) is 19.1 Å². The van der Waals surface area contributed by atoms with Crippen molar-refractivity contribution in [2.24, 2.45) is 0 Å². The van der Waals surface area contributed by atoms with Crippen LogP contribution in [0, 0.1) is 0 Å². The fourth-order valence-corrected chi connectivity index (χ4v) is 1.50. The van der Waals surface area contributed by atoms with Crippen LogP contribution in [0.4, 0.5) is 0 Å². The van der Waals surface area contributed by atoms with E-state index in [0.29, 0.717) is 5.56 Å². The van der Waals surface area contributed by atoms with Crippen molar-refractivity contribution in [3.8, 4) is 11.5 Å². The Morgan fingerprint density at radius 2 is 2.09 bits per heavy atom. The Balaban J connectivity index is 2.61. The molecule has 0 saturated carbocycles. The van der Waals surface area contributed by atoms with Crippen LogP contribution in [0.1, 0.15) is 12.5 Å². The van der Waals surface area contributed by atoms with Gasteiger partial charge in [-0.25, -0.2) is 4.79 Å². The number of aromatic hydroxyl groups is 1. The highest BCUT2D eigenvalue weighted by atomic mass is 16.6. The summed E-state index contributed by atoms with van der Waals surface area (Å²) in [4.78, 5) is 22.3. The summed E-state index contributed by atoms with van der Waals surface area (Å²) in [5, 5.41) is 18.5. The van der Waals surface area contributed by atoms with E-state index in [0.717, 1.165) is 6.08 Å². The first-order valence-corrected chi connectivity index (χ1v) is 6.46. The van der Waals surface area contributed by atoms with Crippen molar-refractivity contribution in [1.29, 1.82) is 0 Å². The highest BCUT2D eigenvalue weighted by molar-refractivity contribution is 5.87. The minimum absolute atomic E-state index is 0.0102. The lowest BCUT2D eigenvalue weighted by atomic mass is 10.2. The Morgan fingerprint density at radius 1 is 1.36 bits per heavy atom. The molecular formula is C15H18O7. The number of hydrogen-bond donors (Lipinski definition) is 2. The van der Waals surface area contributed by atoms with Crippen molar-refractivity contribution in [3.05, 3.63) is 29.8 Å². The largest absolute Gasteiger partial charge is 0.504 e. The maximum atomic E-state index is 11.6. The van der Waals surface area contributed by atoms with Gasteiger partial charge in [0, 0.05) is 13.0 Å². The molecule has 0 amide bonds. The number of ether oxygens (including phenoxy) is 3. The molecule has 1 aromatic carbocycles. The minimum Gasteiger partial charge on any atom is -0.504 e. The lowest BCUT2D eigenvalue weighted by Gasteiger charge is -2.13. The van der Waals surface area contributed by atoms with Crippen LogP contribution in [0.25, 0.3) is 6.08 Å². The van der Waals surface area contributed by atoms with Crippen molar-refractivity contribution in [2.45, 2.75) is 13.0 Å². The molecule has 7 heteroatoms. The summed E-state index contributed by atoms with van der Waals surface area (Å²) >= 11 is 0. The minimum atomic E-state index is -0.921. The Bertz CT molecular complexity index is 551. The van der Waals surface area contributed by atoms with E-state index in [4.69, 9.17) is 14.6 Å². The topological polar surface area (TPSA) is 102 Å². The predicted molar refractivity (Wildman–Crippen MR) is 77.3 cm³/mol. The van der Waals surface area contributed by atoms with Gasteiger partial charge in [-0.15, -0.1) is 0 Å². The van der Waals surface area contributed by atoms with E-state index in [1.54, 1.807) is 12.1 Å². The molecule has 120 valence electrons. The van der Waals surface area contributed by atoms with Gasteiger partial charge < -0.3 is 24.4 Å². The zero-order valence-electron chi connectivity index (χ0n) is 12.3. The quantitative estimate of drug-likeness (QED) is 0.569. The number of esters is 2. The number of carbonyl (C=O) groups is 2. The summed E-state index contributed by atoms with van der Waals surface area (Å²) in [5.74, 6) is -0.956. The molecule has 0 heterocycles. The van der Waals surface area contributed by atoms with Gasteiger partial charge in [0.2, 0.25) is 0 Å². The third-order valence-corrected chi connectivity index (χ3v) is 2.57. The number of aliphatic hydroxyl groups excluding tert-OH is 1. The van der Waals surface area contributed by atoms with E-state index in [2.05, 4.69) is 4.74 Å². The number of carbonyl (C=O) groups excluding carboxylic acids is 2. The second-order valence-electron chi connectivity index (χ2n) is 4.31. The molecule has 7 nitrogen and oxygen atoms in total. The van der Waals surface area contributed by atoms with E-state index in [9.17, 15) is 14.7 Å². The molecule has 2 N–H and O–H groups in total. The van der Waals surface area contributed by atoms with Gasteiger partial charge >= 0.3 is 11.9 Å². The smallest absolute Gasteiger partial charge is 0.331 e. The lowest BCUT2D eigenvalue weighted by molar-refractivity contribution is -0.156. The van der Waals surface area contributed by atoms with Crippen molar-refractivity contribution >= 4 is 18.0 Å². The first kappa shape index (κ1) is 17.5. The van der Waals surface area contributed by atoms with Gasteiger partial charge in [-0.1, -0.05) is 6.07 Å². The zero-order valence-corrected chi connectivity index (χ0v) is 12.3. The summed E-state index contributed by atoms with van der Waals surface area (Å²) in [5.41, 5.74) is 0.618. The fourth-order valence-electron chi connectivity index (χ4n) is 1.50. The number of benzene rings is 1. The van der Waals surface area contributed by atoms with E-state index < -0.39 is 24.6 Å². The molecule has 1 unspecified atom stereocenters. The van der Waals surface area contributed by atoms with Crippen molar-refractivity contribution in [1.82, 2.24) is 0 Å². The van der Waals surface area contributed by atoms with E-state index >= 15 is 0 Å². The molecule has 0 spiro atoms. The first-order valence-electron chi connectivity index (χ1n) is 6.46. The average Bonchev–Trinajstić information content (AvgIpc) is 2.50. The van der Waals surface area contributed by atoms with E-state index in [-0.39, 0.29) is 18.1 Å². The normalized spacial score (nSPS) is 12.0. The summed E-state index contributed by atoms with van der Waals surface area (Å²) in [6.45, 7) is 0.548. The first-order chi connectivity index (χ1) is 10.5. The number of phenolic OH excluding ortho intramolecular Hbond substituents is 1. The molecule has 1 aromatic rings. The van der Waals surface area contributed by atoms with Crippen LogP contribution in [0.3, 0.4) is 0 Å². The van der Waals surface area contributed by atoms with Crippen LogP contribution in [0.2, 0.25) is 0 Å². The Morgan fingerprint density at radius 3 is 2.68 bits per heavy atom. The third kappa shape index (κ3) is 5.84. The number of rotatable bonds is 7. The Kier molecular flexibility index (Phi) is 6.91. The molecule has 0 fully saturated rings. The van der Waals surface area contributed by atoms with Crippen molar-refractivity contribution in [3.63, 3.8) is 0 Å². The number of methoxy groups -OCH3 is 1. The molecule has 0 aliphatic heterocycles. The SMILES string of the molecule is COc1cc(/C=C/C(=O)OC(CO)COC(C)=O)ccc1O. The molecule has 0 aromatic heterocycles. The molecule has 0 saturated heterocycles. The summed E-state index contributed by atoms with van der Waals surface area (Å²) < 4.78 is 14.5. The van der Waals surface area contributed by atoms with Gasteiger partial charge in [0.1, 0.15) is 6.61 Å². The van der Waals surface area contributed by atoms with Crippen LogP contribution in [-0.4, -0.2) is 48.6 Å². The second kappa shape index (κ2) is 8.68. The molecule has 22 heavy (non-hydrogen) atoms. The van der Waals surface area contributed by atoms with E-state index in [1.165, 1.54) is 26.2 Å². The molecule has 0 aliphatic rings. The molecular weight excluding hydrogens is 292 g/mol. The van der Waals surface area contributed by atoms with Crippen LogP contribution in [0.15, 0.2) is 24.3 Å². The monoisotopic (exact) mass is 310 g/mol. The third-order valence-electron chi connectivity index (χ3n) is 2.57. The van der Waals surface area contributed by atoms with Crippen molar-refractivity contribution in [2.75, 3.05) is 20.3 Å². The lowest BCUT2D eigenvalue weighted by Crippen LogP contribution is -2.27. The van der Waals surface area contributed by atoms with Gasteiger partial charge in [0.25, 0.3) is 0 Å². The molecule has 0 bridgehead atoms. The van der Waals surface area contributed by atoms with E-state index in [1.807, 2.05) is 0 Å². The predicted octanol–water partition coefficient (Wildman–Crippen LogP) is 0.881. The Labute approximate surface area is 127 Å². The number of phenols is 1. The average molecular weight is 310 g/mol. The van der Waals surface area contributed by atoms with Crippen LogP contribution >= 0.6 is 0 Å². The number of aliphatic hydroxyl groups is 1. The maximum absolute atomic E-state index is 11.6. The summed E-state index contributed by atoms with van der Waals surface area (Å²) in [6.07, 6.45) is 1.70. The summed E-state index contributed by atoms with van der Waals surface area (Å²) in [6, 6.07) is 4.56. The molecule has 1 rings (SSSR count). The molecule has 1 atom stereocenters. The van der Waals surface area contributed by atoms with Crippen LogP contribution in [0.5, 0.6) is 11.5 Å². The standard InChI is InChI=1S/C15H18O7/c1-10(17)21-9-12(8-16)22-15(19)6-4-11-3-5-13(18)14(7-11)20-2/h3-7,12,16,18H,8-9H2,1-2H3/b6-4+. The van der Waals surface area contributed by atoms with Crippen LogP contribution < -0.4 is 4.74 Å². The van der Waals surface area contributed by atoms with Gasteiger partial charge in [-0.05, 0) is 23.8 Å². The highest BCUT2D eigenvalue weighted by Gasteiger charge is 2.13. The second-order valence-corrected chi connectivity index (χ2v) is 4.31. The van der Waals surface area contributed by atoms with Crippen molar-refractivity contribution < 1.29 is 34.0 Å². The molecule has 0 radical (unpaired) electrons. The maximum Gasteiger partial charge on any atom is 0.331 e. The van der Waals surface area contributed by atoms with Gasteiger partial charge in [0.15, 0.2) is 17.6 Å². The fraction of sp³-hybridized carbons (Fsp3) is 0.333.